The summed E-state index contributed by atoms with van der Waals surface area (Å²) < 4.78 is 24.2. The molecule has 262 valence electrons. The lowest BCUT2D eigenvalue weighted by Crippen LogP contribution is -2.53. The molecule has 0 radical (unpaired) electrons. The highest BCUT2D eigenvalue weighted by Gasteiger charge is 2.53. The van der Waals surface area contributed by atoms with Crippen LogP contribution in [0.2, 0.25) is 0 Å². The molecule has 0 spiro atoms. The molecule has 0 saturated carbocycles. The number of halogens is 1. The van der Waals surface area contributed by atoms with Crippen molar-refractivity contribution in [2.45, 2.75) is 31.0 Å². The molecule has 6 rings (SSSR count). The minimum atomic E-state index is -1.41. The fourth-order valence-corrected chi connectivity index (χ4v) is 6.42. The van der Waals surface area contributed by atoms with Crippen LogP contribution in [0.5, 0.6) is 17.2 Å². The molecule has 10 heteroatoms. The molecule has 9 nitrogen and oxygen atoms in total. The van der Waals surface area contributed by atoms with E-state index < -0.39 is 11.6 Å². The number of nitrogens with one attached hydrogen (secondary N) is 2. The van der Waals surface area contributed by atoms with Crippen molar-refractivity contribution in [2.24, 2.45) is 4.99 Å². The van der Waals surface area contributed by atoms with Gasteiger partial charge in [-0.3, -0.25) is 10.2 Å². The summed E-state index contributed by atoms with van der Waals surface area (Å²) in [6.07, 6.45) is 0.00362. The zero-order valence-electron chi connectivity index (χ0n) is 28.5. The minimum Gasteiger partial charge on any atom is -0.497 e. The summed E-state index contributed by atoms with van der Waals surface area (Å²) in [5, 5.41) is 9.13. The van der Waals surface area contributed by atoms with Crippen LogP contribution in [0.15, 0.2) is 131 Å². The highest BCUT2D eigenvalue weighted by molar-refractivity contribution is 9.10. The van der Waals surface area contributed by atoms with Gasteiger partial charge in [0.05, 0.1) is 20.8 Å². The number of rotatable bonds is 15. The van der Waals surface area contributed by atoms with Gasteiger partial charge in [0.15, 0.2) is 11.6 Å². The van der Waals surface area contributed by atoms with Gasteiger partial charge >= 0.3 is 0 Å². The van der Waals surface area contributed by atoms with E-state index in [0.29, 0.717) is 48.3 Å². The first-order valence-electron chi connectivity index (χ1n) is 16.7. The molecule has 0 unspecified atom stereocenters. The quantitative estimate of drug-likeness (QED) is 0.0767. The molecule has 0 saturated heterocycles. The van der Waals surface area contributed by atoms with Gasteiger partial charge in [-0.1, -0.05) is 88.7 Å². The second kappa shape index (κ2) is 16.7. The van der Waals surface area contributed by atoms with E-state index in [2.05, 4.69) is 38.9 Å². The number of aliphatic hydroxyl groups excluding tert-OH is 1. The molecule has 2 atom stereocenters. The lowest BCUT2D eigenvalue weighted by molar-refractivity contribution is -0.130. The van der Waals surface area contributed by atoms with Gasteiger partial charge in [0.25, 0.3) is 5.91 Å². The van der Waals surface area contributed by atoms with Gasteiger partial charge in [0.2, 0.25) is 5.90 Å². The number of carbonyl (C=O) groups excluding carboxylic acids is 1. The number of aliphatic imine (C=N–C) groups is 1. The fraction of sp³-hybridized carbons (Fsp3) is 0.220. The molecule has 0 fully saturated rings. The lowest BCUT2D eigenvalue weighted by Gasteiger charge is -2.31. The topological polar surface area (TPSA) is 111 Å². The normalized spacial score (nSPS) is 16.5. The van der Waals surface area contributed by atoms with Crippen molar-refractivity contribution in [3.05, 3.63) is 148 Å². The number of hydrogen-bond acceptors (Lipinski definition) is 8. The second-order valence-electron chi connectivity index (χ2n) is 12.1. The van der Waals surface area contributed by atoms with Crippen molar-refractivity contribution in [1.29, 1.82) is 0 Å². The third-order valence-corrected chi connectivity index (χ3v) is 9.45. The molecule has 1 amide bonds. The van der Waals surface area contributed by atoms with Crippen molar-refractivity contribution in [3.63, 3.8) is 0 Å². The predicted octanol–water partition coefficient (Wildman–Crippen LogP) is 7.22. The van der Waals surface area contributed by atoms with Gasteiger partial charge in [0, 0.05) is 42.1 Å². The van der Waals surface area contributed by atoms with Gasteiger partial charge in [-0.05, 0) is 70.3 Å². The van der Waals surface area contributed by atoms with E-state index >= 15 is 0 Å². The predicted molar refractivity (Wildman–Crippen MR) is 201 cm³/mol. The summed E-state index contributed by atoms with van der Waals surface area (Å²) in [5.74, 6) is 1.93. The maximum atomic E-state index is 14.7. The number of benzene rings is 5. The first-order chi connectivity index (χ1) is 24.9. The Morgan fingerprint density at radius 3 is 2.14 bits per heavy atom. The Bertz CT molecular complexity index is 1930. The lowest BCUT2D eigenvalue weighted by atomic mass is 9.82. The zero-order valence-corrected chi connectivity index (χ0v) is 30.1. The highest BCUT2D eigenvalue weighted by atomic mass is 79.9. The first-order valence-corrected chi connectivity index (χ1v) is 17.5. The summed E-state index contributed by atoms with van der Waals surface area (Å²) >= 11 is 3.70. The van der Waals surface area contributed by atoms with Gasteiger partial charge < -0.3 is 24.1 Å². The Kier molecular flexibility index (Phi) is 11.7. The van der Waals surface area contributed by atoms with E-state index in [9.17, 15) is 4.79 Å². The monoisotopic (exact) mass is 749 g/mol. The Balaban J connectivity index is 1.38. The van der Waals surface area contributed by atoms with Crippen LogP contribution in [-0.2, 0) is 22.5 Å². The summed E-state index contributed by atoms with van der Waals surface area (Å²) in [7, 11) is 3.19. The molecule has 5 aromatic carbocycles. The van der Waals surface area contributed by atoms with E-state index in [1.165, 1.54) is 0 Å². The summed E-state index contributed by atoms with van der Waals surface area (Å²) in [6.45, 7) is 0.760. The van der Waals surface area contributed by atoms with Crippen molar-refractivity contribution >= 4 is 27.7 Å². The average Bonchev–Trinajstić information content (AvgIpc) is 3.56. The molecule has 0 aromatic heterocycles. The van der Waals surface area contributed by atoms with E-state index in [4.69, 9.17) is 29.0 Å². The standard InChI is InChI=1S/C41H40BrN3O6/c1-48-35-23-28(24-36(25-35)49-2)27-43-45-40(47)41(26-33-11-6-7-12-37(33)42)38(31-15-13-30(14-16-31)29-9-4-3-5-10-29)51-39(44-41)32-17-19-34(20-18-32)50-22-8-21-46/h3-7,9-20,23-25,38,43,46H,8,21-22,26-27H2,1-2H3,(H,45,47)/t38-,41-/m0/s1. The van der Waals surface area contributed by atoms with Crippen LogP contribution in [-0.4, -0.2) is 49.9 Å². The molecular weight excluding hydrogens is 710 g/mol. The molecule has 1 heterocycles. The van der Waals surface area contributed by atoms with Crippen molar-refractivity contribution in [1.82, 2.24) is 10.9 Å². The van der Waals surface area contributed by atoms with Crippen molar-refractivity contribution in [2.75, 3.05) is 27.4 Å². The molecule has 1 aliphatic heterocycles. The van der Waals surface area contributed by atoms with Crippen LogP contribution in [0.4, 0.5) is 0 Å². The SMILES string of the molecule is COc1cc(CNNC(=O)[C@@]2(Cc3ccccc3Br)N=C(c3ccc(OCCCO)cc3)O[C@H]2c2ccc(-c3ccccc3)cc2)cc(OC)c1. The number of ether oxygens (including phenoxy) is 4. The number of hydrogen-bond donors (Lipinski definition) is 3. The Hall–Kier alpha value is -5.16. The Labute approximate surface area is 306 Å². The maximum absolute atomic E-state index is 14.7. The third kappa shape index (κ3) is 8.42. The van der Waals surface area contributed by atoms with Gasteiger partial charge in [-0.15, -0.1) is 0 Å². The van der Waals surface area contributed by atoms with Crippen LogP contribution < -0.4 is 25.1 Å². The first kappa shape index (κ1) is 35.7. The summed E-state index contributed by atoms with van der Waals surface area (Å²) in [5.41, 5.74) is 10.1. The molecule has 5 aromatic rings. The summed E-state index contributed by atoms with van der Waals surface area (Å²) in [4.78, 5) is 19.9. The van der Waals surface area contributed by atoms with Crippen molar-refractivity contribution < 1.29 is 28.8 Å². The number of amides is 1. The average molecular weight is 751 g/mol. The highest BCUT2D eigenvalue weighted by Crippen LogP contribution is 2.43. The second-order valence-corrected chi connectivity index (χ2v) is 12.9. The maximum Gasteiger partial charge on any atom is 0.266 e. The molecular formula is C41H40BrN3O6. The van der Waals surface area contributed by atoms with E-state index in [1.54, 1.807) is 20.3 Å². The molecule has 51 heavy (non-hydrogen) atoms. The third-order valence-electron chi connectivity index (χ3n) is 8.67. The number of aliphatic hydroxyl groups is 1. The molecule has 1 aliphatic rings. The smallest absolute Gasteiger partial charge is 0.266 e. The van der Waals surface area contributed by atoms with Crippen LogP contribution in [0.25, 0.3) is 11.1 Å². The Morgan fingerprint density at radius 1 is 0.824 bits per heavy atom. The molecule has 0 bridgehead atoms. The van der Waals surface area contributed by atoms with Crippen molar-refractivity contribution in [3.8, 4) is 28.4 Å². The Morgan fingerprint density at radius 2 is 1.47 bits per heavy atom. The fourth-order valence-electron chi connectivity index (χ4n) is 6.00. The number of carbonyl (C=O) groups is 1. The largest absolute Gasteiger partial charge is 0.497 e. The van der Waals surface area contributed by atoms with E-state index in [1.807, 2.05) is 103 Å². The van der Waals surface area contributed by atoms with Crippen LogP contribution in [0, 0.1) is 0 Å². The molecule has 0 aliphatic carbocycles. The molecule has 3 N–H and O–H groups in total. The minimum absolute atomic E-state index is 0.0563. The van der Waals surface area contributed by atoms with E-state index in [-0.39, 0.29) is 18.9 Å². The van der Waals surface area contributed by atoms with Gasteiger partial charge in [-0.25, -0.2) is 10.4 Å². The van der Waals surface area contributed by atoms with Crippen LogP contribution in [0.3, 0.4) is 0 Å². The number of methoxy groups -OCH3 is 2. The van der Waals surface area contributed by atoms with Crippen LogP contribution >= 0.6 is 15.9 Å². The van der Waals surface area contributed by atoms with Gasteiger partial charge in [0.1, 0.15) is 17.2 Å². The van der Waals surface area contributed by atoms with E-state index in [0.717, 1.165) is 32.3 Å². The number of hydrazine groups is 1. The summed E-state index contributed by atoms with van der Waals surface area (Å²) in [6, 6.07) is 39.0. The van der Waals surface area contributed by atoms with Gasteiger partial charge in [-0.2, -0.15) is 0 Å². The van der Waals surface area contributed by atoms with Crippen LogP contribution in [0.1, 0.15) is 34.8 Å². The number of nitrogens with zero attached hydrogens (tertiary/aromatic N) is 1. The zero-order chi connectivity index (χ0) is 35.6.